The Morgan fingerprint density at radius 2 is 1.69 bits per heavy atom. The molecular formula is C19H14F3N3O4. The van der Waals surface area contributed by atoms with Crippen molar-refractivity contribution in [3.05, 3.63) is 66.0 Å². The zero-order valence-electron chi connectivity index (χ0n) is 14.8. The Morgan fingerprint density at radius 3 is 2.45 bits per heavy atom. The van der Waals surface area contributed by atoms with E-state index in [-0.39, 0.29) is 17.8 Å². The highest BCUT2D eigenvalue weighted by Crippen LogP contribution is 2.26. The van der Waals surface area contributed by atoms with E-state index in [4.69, 9.17) is 4.74 Å². The number of esters is 1. The first-order valence-corrected chi connectivity index (χ1v) is 8.31. The number of benzene rings is 2. The Labute approximate surface area is 162 Å². The molecule has 0 spiro atoms. The number of rotatable bonds is 6. The van der Waals surface area contributed by atoms with Crippen LogP contribution in [0.2, 0.25) is 0 Å². The Morgan fingerprint density at radius 1 is 1.00 bits per heavy atom. The number of alkyl halides is 3. The number of nitrogens with zero attached hydrogens (tertiary/aromatic N) is 2. The van der Waals surface area contributed by atoms with Gasteiger partial charge in [-0.2, -0.15) is 0 Å². The maximum atomic E-state index is 12.4. The van der Waals surface area contributed by atoms with Gasteiger partial charge < -0.3 is 14.8 Å². The van der Waals surface area contributed by atoms with E-state index >= 15 is 0 Å². The third-order valence-electron chi connectivity index (χ3n) is 3.67. The molecule has 3 rings (SSSR count). The second-order valence-electron chi connectivity index (χ2n) is 5.75. The summed E-state index contributed by atoms with van der Waals surface area (Å²) in [6, 6.07) is 12.3. The quantitative estimate of drug-likeness (QED) is 0.634. The van der Waals surface area contributed by atoms with Gasteiger partial charge in [0.15, 0.2) is 12.3 Å². The van der Waals surface area contributed by atoms with Crippen LogP contribution in [0.4, 0.5) is 13.2 Å². The fraction of sp³-hybridized carbons (Fsp3) is 0.158. The monoisotopic (exact) mass is 405 g/mol. The number of amides is 1. The highest BCUT2D eigenvalue weighted by Gasteiger charge is 2.32. The van der Waals surface area contributed by atoms with Gasteiger partial charge in [0, 0.05) is 12.1 Å². The molecule has 29 heavy (non-hydrogen) atoms. The second-order valence-corrected chi connectivity index (χ2v) is 5.75. The number of fused-ring (bicyclic) bond motifs is 1. The number of carbonyl (C=O) groups is 2. The highest BCUT2D eigenvalue weighted by atomic mass is 19.4. The molecule has 0 unspecified atom stereocenters. The van der Waals surface area contributed by atoms with Crippen molar-refractivity contribution in [2.75, 3.05) is 6.61 Å². The van der Waals surface area contributed by atoms with Crippen LogP contribution in [0.5, 0.6) is 5.75 Å². The lowest BCUT2D eigenvalue weighted by molar-refractivity contribution is -0.274. The lowest BCUT2D eigenvalue weighted by atomic mass is 10.2. The van der Waals surface area contributed by atoms with Gasteiger partial charge in [-0.1, -0.05) is 30.3 Å². The normalized spacial score (nSPS) is 11.1. The third-order valence-corrected chi connectivity index (χ3v) is 3.67. The van der Waals surface area contributed by atoms with E-state index in [9.17, 15) is 22.8 Å². The second kappa shape index (κ2) is 8.55. The molecule has 0 bridgehead atoms. The minimum atomic E-state index is -4.85. The topological polar surface area (TPSA) is 90.4 Å². The molecule has 0 radical (unpaired) electrons. The fourth-order valence-corrected chi connectivity index (χ4v) is 2.38. The molecule has 0 saturated heterocycles. The molecule has 0 aliphatic rings. The summed E-state index contributed by atoms with van der Waals surface area (Å²) in [6.07, 6.45) is -3.62. The summed E-state index contributed by atoms with van der Waals surface area (Å²) < 4.78 is 46.0. The maximum Gasteiger partial charge on any atom is 0.573 e. The van der Waals surface area contributed by atoms with Crippen LogP contribution in [-0.4, -0.2) is 34.8 Å². The number of ether oxygens (including phenoxy) is 2. The van der Waals surface area contributed by atoms with Gasteiger partial charge in [-0.15, -0.1) is 13.2 Å². The Kier molecular flexibility index (Phi) is 5.91. The highest BCUT2D eigenvalue weighted by molar-refractivity contribution is 5.91. The molecule has 7 nitrogen and oxygen atoms in total. The maximum absolute atomic E-state index is 12.4. The summed E-state index contributed by atoms with van der Waals surface area (Å²) in [5, 5.41) is 2.36. The third kappa shape index (κ3) is 5.64. The van der Waals surface area contributed by atoms with Crippen molar-refractivity contribution in [3.63, 3.8) is 0 Å². The summed E-state index contributed by atoms with van der Waals surface area (Å²) >= 11 is 0. The molecule has 3 aromatic rings. The van der Waals surface area contributed by atoms with Crippen molar-refractivity contribution in [1.82, 2.24) is 15.3 Å². The number of nitrogens with one attached hydrogen (secondary N) is 1. The average Bonchev–Trinajstić information content (AvgIpc) is 2.70. The van der Waals surface area contributed by atoms with Crippen molar-refractivity contribution < 1.29 is 32.2 Å². The van der Waals surface area contributed by atoms with Crippen molar-refractivity contribution in [2.45, 2.75) is 12.9 Å². The largest absolute Gasteiger partial charge is 0.573 e. The Hall–Kier alpha value is -3.69. The van der Waals surface area contributed by atoms with Crippen LogP contribution in [0.15, 0.2) is 54.7 Å². The van der Waals surface area contributed by atoms with Gasteiger partial charge in [0.2, 0.25) is 0 Å². The minimum absolute atomic E-state index is 0.0691. The van der Waals surface area contributed by atoms with E-state index < -0.39 is 30.6 Å². The molecular weight excluding hydrogens is 391 g/mol. The van der Waals surface area contributed by atoms with Crippen molar-refractivity contribution >= 4 is 22.9 Å². The molecule has 0 saturated carbocycles. The van der Waals surface area contributed by atoms with Gasteiger partial charge in [-0.3, -0.25) is 9.78 Å². The number of halogens is 3. The van der Waals surface area contributed by atoms with Crippen LogP contribution in [0, 0.1) is 0 Å². The smallest absolute Gasteiger partial charge is 0.451 e. The van der Waals surface area contributed by atoms with Crippen LogP contribution in [0.1, 0.15) is 16.1 Å². The Balaban J connectivity index is 1.54. The number of hydrogen-bond acceptors (Lipinski definition) is 6. The summed E-state index contributed by atoms with van der Waals surface area (Å²) in [6.45, 7) is -0.867. The predicted molar refractivity (Wildman–Crippen MR) is 94.8 cm³/mol. The van der Waals surface area contributed by atoms with Gasteiger partial charge >= 0.3 is 12.3 Å². The van der Waals surface area contributed by atoms with Gasteiger partial charge in [0.05, 0.1) is 17.2 Å². The van der Waals surface area contributed by atoms with E-state index in [0.29, 0.717) is 11.0 Å². The lowest BCUT2D eigenvalue weighted by Crippen LogP contribution is -2.29. The van der Waals surface area contributed by atoms with Gasteiger partial charge in [-0.05, 0) is 18.2 Å². The zero-order valence-corrected chi connectivity index (χ0v) is 14.8. The molecule has 2 aromatic carbocycles. The van der Waals surface area contributed by atoms with Crippen molar-refractivity contribution in [1.29, 1.82) is 0 Å². The number of para-hydroxylation sites is 3. The van der Waals surface area contributed by atoms with E-state index in [1.54, 1.807) is 24.3 Å². The minimum Gasteiger partial charge on any atom is -0.451 e. The zero-order chi connectivity index (χ0) is 20.9. The first kappa shape index (κ1) is 20.1. The van der Waals surface area contributed by atoms with Crippen LogP contribution in [0.3, 0.4) is 0 Å². The fourth-order valence-electron chi connectivity index (χ4n) is 2.38. The summed E-state index contributed by atoms with van der Waals surface area (Å²) in [5.74, 6) is -1.98. The molecule has 150 valence electrons. The van der Waals surface area contributed by atoms with Crippen molar-refractivity contribution in [3.8, 4) is 5.75 Å². The number of carbonyl (C=O) groups excluding carboxylic acids is 2. The van der Waals surface area contributed by atoms with E-state index in [0.717, 1.165) is 6.07 Å². The molecule has 0 aliphatic carbocycles. The molecule has 1 N–H and O–H groups in total. The van der Waals surface area contributed by atoms with E-state index in [1.165, 1.54) is 24.4 Å². The summed E-state index contributed by atoms with van der Waals surface area (Å²) in [7, 11) is 0. The number of hydrogen-bond donors (Lipinski definition) is 1. The van der Waals surface area contributed by atoms with Crippen molar-refractivity contribution in [2.24, 2.45) is 0 Å². The molecule has 0 aliphatic heterocycles. The van der Waals surface area contributed by atoms with E-state index in [2.05, 4.69) is 20.0 Å². The van der Waals surface area contributed by atoms with Gasteiger partial charge in [0.25, 0.3) is 5.91 Å². The van der Waals surface area contributed by atoms with Gasteiger partial charge in [-0.25, -0.2) is 9.78 Å². The SMILES string of the molecule is O=C(COC(=O)c1cnc2ccccc2n1)NCc1ccccc1OC(F)(F)F. The molecule has 10 heteroatoms. The summed E-state index contributed by atoms with van der Waals surface area (Å²) in [4.78, 5) is 32.1. The first-order chi connectivity index (χ1) is 13.8. The first-order valence-electron chi connectivity index (χ1n) is 8.31. The lowest BCUT2D eigenvalue weighted by Gasteiger charge is -2.13. The van der Waals surface area contributed by atoms with Gasteiger partial charge in [0.1, 0.15) is 5.75 Å². The van der Waals surface area contributed by atoms with E-state index in [1.807, 2.05) is 0 Å². The molecule has 1 aromatic heterocycles. The van der Waals surface area contributed by atoms with Crippen LogP contribution in [0.25, 0.3) is 11.0 Å². The molecule has 1 heterocycles. The molecule has 0 atom stereocenters. The predicted octanol–water partition coefficient (Wildman–Crippen LogP) is 3.00. The summed E-state index contributed by atoms with van der Waals surface area (Å²) in [5.41, 5.74) is 1.14. The van der Waals surface area contributed by atoms with Crippen LogP contribution in [-0.2, 0) is 16.1 Å². The van der Waals surface area contributed by atoms with Crippen LogP contribution >= 0.6 is 0 Å². The number of aromatic nitrogens is 2. The molecule has 0 fully saturated rings. The molecule has 1 amide bonds. The average molecular weight is 405 g/mol. The standard InChI is InChI=1S/C19H14F3N3O4/c20-19(21,22)29-16-8-4-1-5-12(16)9-24-17(26)11-28-18(27)15-10-23-13-6-2-3-7-14(13)25-15/h1-8,10H,9,11H2,(H,24,26). The van der Waals surface area contributed by atoms with Crippen LogP contribution < -0.4 is 10.1 Å². The Bertz CT molecular complexity index is 1040.